The lowest BCUT2D eigenvalue weighted by Gasteiger charge is -2.07. The van der Waals surface area contributed by atoms with Crippen LogP contribution in [-0.2, 0) is 5.75 Å². The molecule has 0 spiro atoms. The Labute approximate surface area is 128 Å². The molecule has 0 saturated heterocycles. The number of thioether (sulfide) groups is 1. The van der Waals surface area contributed by atoms with Crippen LogP contribution in [0.5, 0.6) is 0 Å². The molecule has 0 bridgehead atoms. The maximum absolute atomic E-state index is 13.6. The molecule has 2 rings (SSSR count). The fraction of sp³-hybridized carbons (Fsp3) is 0.0769. The second-order valence-corrected chi connectivity index (χ2v) is 5.63. The van der Waals surface area contributed by atoms with Gasteiger partial charge in [0.05, 0.1) is 9.95 Å². The number of nitrogens with zero attached hydrogens (tertiary/aromatic N) is 1. The number of hydrogen-bond donors (Lipinski definition) is 0. The van der Waals surface area contributed by atoms with Crippen molar-refractivity contribution in [1.82, 2.24) is 0 Å². The number of hydrogen-bond acceptors (Lipinski definition) is 3. The second kappa shape index (κ2) is 6.43. The normalized spacial score (nSPS) is 10.6. The predicted octanol–water partition coefficient (Wildman–Crippen LogP) is 5.33. The smallest absolute Gasteiger partial charge is 0.258 e. The Morgan fingerprint density at radius 3 is 2.45 bits per heavy atom. The fourth-order valence-corrected chi connectivity index (χ4v) is 3.32. The van der Waals surface area contributed by atoms with Crippen molar-refractivity contribution in [3.8, 4) is 0 Å². The molecule has 3 nitrogen and oxygen atoms in total. The van der Waals surface area contributed by atoms with Crippen LogP contribution in [0.3, 0.4) is 0 Å². The molecule has 0 saturated carbocycles. The first-order chi connectivity index (χ1) is 9.50. The van der Waals surface area contributed by atoms with Gasteiger partial charge in [-0.15, -0.1) is 11.8 Å². The molecule has 0 aliphatic heterocycles. The van der Waals surface area contributed by atoms with Crippen LogP contribution in [0.15, 0.2) is 41.3 Å². The third kappa shape index (κ3) is 3.23. The number of nitro benzene ring substituents is 1. The van der Waals surface area contributed by atoms with Gasteiger partial charge in [-0.1, -0.05) is 35.3 Å². The summed E-state index contributed by atoms with van der Waals surface area (Å²) in [6.45, 7) is 0. The van der Waals surface area contributed by atoms with Crippen molar-refractivity contribution < 1.29 is 9.31 Å². The molecular formula is C13H8Cl2FNO2S. The third-order valence-corrected chi connectivity index (χ3v) is 4.50. The maximum atomic E-state index is 13.6. The monoisotopic (exact) mass is 331 g/mol. The number of halogens is 3. The number of benzene rings is 2. The molecule has 0 N–H and O–H groups in total. The molecule has 7 heteroatoms. The van der Waals surface area contributed by atoms with E-state index < -0.39 is 10.7 Å². The topological polar surface area (TPSA) is 43.1 Å². The largest absolute Gasteiger partial charge is 0.284 e. The average molecular weight is 332 g/mol. The van der Waals surface area contributed by atoms with Crippen LogP contribution in [0.25, 0.3) is 0 Å². The maximum Gasteiger partial charge on any atom is 0.284 e. The molecule has 0 aliphatic rings. The van der Waals surface area contributed by atoms with Gasteiger partial charge < -0.3 is 0 Å². The van der Waals surface area contributed by atoms with Crippen LogP contribution < -0.4 is 0 Å². The van der Waals surface area contributed by atoms with E-state index in [-0.39, 0.29) is 21.5 Å². The van der Waals surface area contributed by atoms with E-state index >= 15 is 0 Å². The van der Waals surface area contributed by atoms with Gasteiger partial charge in [-0.05, 0) is 18.2 Å². The van der Waals surface area contributed by atoms with Gasteiger partial charge in [0.15, 0.2) is 0 Å². The lowest BCUT2D eigenvalue weighted by Crippen LogP contribution is -1.93. The lowest BCUT2D eigenvalue weighted by molar-refractivity contribution is -0.387. The van der Waals surface area contributed by atoms with Gasteiger partial charge in [0, 0.05) is 22.4 Å². The van der Waals surface area contributed by atoms with Gasteiger partial charge in [-0.2, -0.15) is 0 Å². The van der Waals surface area contributed by atoms with Crippen molar-refractivity contribution in [3.63, 3.8) is 0 Å². The van der Waals surface area contributed by atoms with Gasteiger partial charge in [-0.3, -0.25) is 10.1 Å². The molecule has 0 heterocycles. The SMILES string of the molecule is O=[N+]([O-])c1cccc(Cl)c1SCc1c(F)cccc1Cl. The summed E-state index contributed by atoms with van der Waals surface area (Å²) in [5, 5.41) is 11.5. The zero-order valence-corrected chi connectivity index (χ0v) is 12.3. The van der Waals surface area contributed by atoms with Gasteiger partial charge in [0.25, 0.3) is 5.69 Å². The predicted molar refractivity (Wildman–Crippen MR) is 79.1 cm³/mol. The van der Waals surface area contributed by atoms with Crippen molar-refractivity contribution in [3.05, 3.63) is 67.9 Å². The minimum atomic E-state index is -0.517. The molecule has 20 heavy (non-hydrogen) atoms. The van der Waals surface area contributed by atoms with Crippen molar-refractivity contribution in [2.45, 2.75) is 10.6 Å². The number of nitro groups is 1. The van der Waals surface area contributed by atoms with E-state index in [1.165, 1.54) is 24.3 Å². The molecule has 0 radical (unpaired) electrons. The molecule has 0 aromatic heterocycles. The Hall–Kier alpha value is -1.30. The molecular weight excluding hydrogens is 324 g/mol. The Kier molecular flexibility index (Phi) is 4.86. The fourth-order valence-electron chi connectivity index (χ4n) is 1.60. The van der Waals surface area contributed by atoms with Gasteiger partial charge in [-0.25, -0.2) is 4.39 Å². The highest BCUT2D eigenvalue weighted by atomic mass is 35.5. The summed E-state index contributed by atoms with van der Waals surface area (Å²) in [5.41, 5.74) is 0.198. The third-order valence-electron chi connectivity index (χ3n) is 2.57. The summed E-state index contributed by atoms with van der Waals surface area (Å²) in [4.78, 5) is 10.7. The summed E-state index contributed by atoms with van der Waals surface area (Å²) in [6.07, 6.45) is 0. The molecule has 0 unspecified atom stereocenters. The van der Waals surface area contributed by atoms with Gasteiger partial charge in [0.1, 0.15) is 10.7 Å². The van der Waals surface area contributed by atoms with Crippen molar-refractivity contribution in [2.75, 3.05) is 0 Å². The van der Waals surface area contributed by atoms with Crippen molar-refractivity contribution >= 4 is 40.7 Å². The van der Waals surface area contributed by atoms with E-state index in [9.17, 15) is 14.5 Å². The molecule has 104 valence electrons. The van der Waals surface area contributed by atoms with E-state index in [1.807, 2.05) is 0 Å². The molecule has 0 atom stereocenters. The molecule has 2 aromatic carbocycles. The Morgan fingerprint density at radius 2 is 1.80 bits per heavy atom. The van der Waals surface area contributed by atoms with E-state index in [1.54, 1.807) is 12.1 Å². The first-order valence-corrected chi connectivity index (χ1v) is 7.23. The minimum Gasteiger partial charge on any atom is -0.258 e. The molecule has 2 aromatic rings. The molecule has 0 fully saturated rings. The Bertz CT molecular complexity index is 647. The highest BCUT2D eigenvalue weighted by molar-refractivity contribution is 7.98. The minimum absolute atomic E-state index is 0.102. The summed E-state index contributed by atoms with van der Waals surface area (Å²) in [7, 11) is 0. The van der Waals surface area contributed by atoms with Gasteiger partial charge in [0.2, 0.25) is 0 Å². The standard InChI is InChI=1S/C13H8Cl2FNO2S/c14-9-3-1-5-11(16)8(9)7-20-13-10(15)4-2-6-12(13)17(18)19/h1-6H,7H2. The zero-order chi connectivity index (χ0) is 14.7. The Morgan fingerprint density at radius 1 is 1.15 bits per heavy atom. The first kappa shape index (κ1) is 15.1. The zero-order valence-electron chi connectivity index (χ0n) is 9.98. The van der Waals surface area contributed by atoms with Crippen LogP contribution in [0.1, 0.15) is 5.56 Å². The van der Waals surface area contributed by atoms with Crippen LogP contribution in [0.2, 0.25) is 10.0 Å². The van der Waals surface area contributed by atoms with Crippen LogP contribution in [0.4, 0.5) is 10.1 Å². The highest BCUT2D eigenvalue weighted by Crippen LogP contribution is 2.38. The van der Waals surface area contributed by atoms with Crippen molar-refractivity contribution in [2.24, 2.45) is 0 Å². The lowest BCUT2D eigenvalue weighted by atomic mass is 10.2. The molecule has 0 aliphatic carbocycles. The van der Waals surface area contributed by atoms with E-state index in [4.69, 9.17) is 23.2 Å². The van der Waals surface area contributed by atoms with E-state index in [2.05, 4.69) is 0 Å². The Balaban J connectivity index is 2.30. The van der Waals surface area contributed by atoms with Crippen LogP contribution in [-0.4, -0.2) is 4.92 Å². The van der Waals surface area contributed by atoms with E-state index in [0.29, 0.717) is 10.5 Å². The van der Waals surface area contributed by atoms with E-state index in [0.717, 1.165) is 11.8 Å². The average Bonchev–Trinajstić information content (AvgIpc) is 2.39. The molecule has 0 amide bonds. The van der Waals surface area contributed by atoms with Crippen molar-refractivity contribution in [1.29, 1.82) is 0 Å². The van der Waals surface area contributed by atoms with Gasteiger partial charge >= 0.3 is 0 Å². The quantitative estimate of drug-likeness (QED) is 0.432. The summed E-state index contributed by atoms with van der Waals surface area (Å²) in [5.74, 6) is -0.282. The summed E-state index contributed by atoms with van der Waals surface area (Å²) >= 11 is 13.0. The van der Waals surface area contributed by atoms with Crippen LogP contribution in [0, 0.1) is 15.9 Å². The second-order valence-electron chi connectivity index (χ2n) is 3.83. The first-order valence-electron chi connectivity index (χ1n) is 5.49. The summed E-state index contributed by atoms with van der Waals surface area (Å²) in [6, 6.07) is 8.78. The van der Waals surface area contributed by atoms with Crippen LogP contribution >= 0.6 is 35.0 Å². The summed E-state index contributed by atoms with van der Waals surface area (Å²) < 4.78 is 13.6. The highest BCUT2D eigenvalue weighted by Gasteiger charge is 2.18. The number of rotatable bonds is 4.